The van der Waals surface area contributed by atoms with Crippen LogP contribution < -0.4 is 10.6 Å². The highest BCUT2D eigenvalue weighted by Gasteiger charge is 2.24. The van der Waals surface area contributed by atoms with E-state index >= 15 is 0 Å². The van der Waals surface area contributed by atoms with Gasteiger partial charge < -0.3 is 20.1 Å². The highest BCUT2D eigenvalue weighted by atomic mass is 79.9. The molecule has 0 saturated carbocycles. The molecule has 1 heterocycles. The van der Waals surface area contributed by atoms with Crippen LogP contribution >= 0.6 is 27.7 Å². The largest absolute Gasteiger partial charge is 0.463 e. The molecule has 0 aromatic heterocycles. The number of esters is 2. The van der Waals surface area contributed by atoms with Crippen molar-refractivity contribution in [3.05, 3.63) is 40.0 Å². The van der Waals surface area contributed by atoms with Crippen LogP contribution in [0.5, 0.6) is 0 Å². The first kappa shape index (κ1) is 19.3. The Morgan fingerprint density at radius 2 is 1.96 bits per heavy atom. The third-order valence-corrected chi connectivity index (χ3v) is 4.64. The molecule has 0 saturated heterocycles. The smallest absolute Gasteiger partial charge is 0.337 e. The monoisotopic (exact) mass is 428 g/mol. The van der Waals surface area contributed by atoms with E-state index in [1.807, 2.05) is 24.3 Å². The second kappa shape index (κ2) is 9.47. The molecule has 0 radical (unpaired) electrons. The summed E-state index contributed by atoms with van der Waals surface area (Å²) in [6.45, 7) is 1.74. The van der Waals surface area contributed by atoms with Crippen LogP contribution in [0.2, 0.25) is 0 Å². The number of ether oxygens (including phenoxy) is 2. The molecule has 7 nitrogen and oxygen atoms in total. The third-order valence-electron chi connectivity index (χ3n) is 3.12. The van der Waals surface area contributed by atoms with E-state index in [9.17, 15) is 14.4 Å². The van der Waals surface area contributed by atoms with Crippen molar-refractivity contribution in [1.29, 1.82) is 0 Å². The molecule has 0 aliphatic carbocycles. The average molecular weight is 429 g/mol. The Morgan fingerprint density at radius 1 is 1.24 bits per heavy atom. The van der Waals surface area contributed by atoms with Gasteiger partial charge in [0.1, 0.15) is 6.61 Å². The van der Waals surface area contributed by atoms with Crippen molar-refractivity contribution >= 4 is 45.7 Å². The summed E-state index contributed by atoms with van der Waals surface area (Å²) < 4.78 is 11.0. The first-order chi connectivity index (χ1) is 12.0. The zero-order valence-corrected chi connectivity index (χ0v) is 15.9. The van der Waals surface area contributed by atoms with Gasteiger partial charge in [-0.25, -0.2) is 9.59 Å². The highest BCUT2D eigenvalue weighted by molar-refractivity contribution is 9.10. The molecule has 25 heavy (non-hydrogen) atoms. The highest BCUT2D eigenvalue weighted by Crippen LogP contribution is 2.20. The lowest BCUT2D eigenvalue weighted by Gasteiger charge is -2.21. The third kappa shape index (κ3) is 6.09. The molecule has 2 amide bonds. The van der Waals surface area contributed by atoms with E-state index in [0.717, 1.165) is 9.37 Å². The Kier molecular flexibility index (Phi) is 7.32. The van der Waals surface area contributed by atoms with E-state index in [1.54, 1.807) is 6.92 Å². The summed E-state index contributed by atoms with van der Waals surface area (Å²) in [5, 5.41) is 4.96. The van der Waals surface area contributed by atoms with Gasteiger partial charge in [-0.3, -0.25) is 4.79 Å². The van der Waals surface area contributed by atoms with Crippen molar-refractivity contribution in [2.75, 3.05) is 25.5 Å². The minimum absolute atomic E-state index is 0.0329. The van der Waals surface area contributed by atoms with E-state index in [-0.39, 0.29) is 36.8 Å². The Morgan fingerprint density at radius 3 is 2.64 bits per heavy atom. The molecule has 2 rings (SSSR count). The fraction of sp³-hybridized carbons (Fsp3) is 0.312. The number of rotatable bonds is 7. The predicted molar refractivity (Wildman–Crippen MR) is 96.0 cm³/mol. The van der Waals surface area contributed by atoms with E-state index in [4.69, 9.17) is 9.47 Å². The Bertz CT molecular complexity index is 690. The fourth-order valence-electron chi connectivity index (χ4n) is 1.94. The van der Waals surface area contributed by atoms with E-state index in [0.29, 0.717) is 0 Å². The number of hydrogen-bond acceptors (Lipinski definition) is 6. The Hall–Kier alpha value is -2.00. The van der Waals surface area contributed by atoms with Crippen molar-refractivity contribution in [3.8, 4) is 0 Å². The van der Waals surface area contributed by atoms with E-state index in [1.165, 1.54) is 11.8 Å². The minimum atomic E-state index is -0.551. The van der Waals surface area contributed by atoms with E-state index < -0.39 is 18.0 Å². The number of hydrogen-bond donors (Lipinski definition) is 2. The van der Waals surface area contributed by atoms with Crippen LogP contribution in [-0.4, -0.2) is 43.5 Å². The predicted octanol–water partition coefficient (Wildman–Crippen LogP) is 2.21. The number of carbonyl (C=O) groups is 3. The first-order valence-corrected chi connectivity index (χ1v) is 9.25. The van der Waals surface area contributed by atoms with Crippen LogP contribution in [-0.2, 0) is 19.1 Å². The maximum Gasteiger partial charge on any atom is 0.337 e. The SMILES string of the molecule is CCOC(=O)C1=C(COC(=O)CSc2ccc(Br)cc2)NC(=O)NC1. The van der Waals surface area contributed by atoms with Gasteiger partial charge in [0, 0.05) is 9.37 Å². The maximum absolute atomic E-state index is 11.9. The lowest BCUT2D eigenvalue weighted by Crippen LogP contribution is -2.45. The van der Waals surface area contributed by atoms with Crippen molar-refractivity contribution in [2.45, 2.75) is 11.8 Å². The second-order valence-electron chi connectivity index (χ2n) is 4.89. The number of thioether (sulfide) groups is 1. The normalized spacial score (nSPS) is 13.8. The molecule has 1 aromatic carbocycles. The average Bonchev–Trinajstić information content (AvgIpc) is 2.59. The van der Waals surface area contributed by atoms with Gasteiger partial charge in [-0.2, -0.15) is 0 Å². The zero-order chi connectivity index (χ0) is 18.2. The summed E-state index contributed by atoms with van der Waals surface area (Å²) >= 11 is 4.68. The van der Waals surface area contributed by atoms with Gasteiger partial charge in [-0.05, 0) is 31.2 Å². The second-order valence-corrected chi connectivity index (χ2v) is 6.85. The first-order valence-electron chi connectivity index (χ1n) is 7.47. The molecule has 1 aliphatic heterocycles. The molecule has 0 unspecified atom stereocenters. The maximum atomic E-state index is 11.9. The molecular weight excluding hydrogens is 412 g/mol. The number of carbonyl (C=O) groups excluding carboxylic acids is 3. The molecule has 0 bridgehead atoms. The van der Waals surface area contributed by atoms with Crippen molar-refractivity contribution in [1.82, 2.24) is 10.6 Å². The lowest BCUT2D eigenvalue weighted by molar-refractivity contribution is -0.141. The van der Waals surface area contributed by atoms with Gasteiger partial charge in [0.05, 0.1) is 30.2 Å². The quantitative estimate of drug-likeness (QED) is 0.510. The number of halogens is 1. The van der Waals surface area contributed by atoms with Crippen LogP contribution in [0.25, 0.3) is 0 Å². The van der Waals surface area contributed by atoms with Gasteiger partial charge in [-0.1, -0.05) is 15.9 Å². The summed E-state index contributed by atoms with van der Waals surface area (Å²) in [4.78, 5) is 36.1. The molecule has 1 aliphatic rings. The molecular formula is C16H17BrN2O5S. The van der Waals surface area contributed by atoms with Crippen molar-refractivity contribution in [3.63, 3.8) is 0 Å². The van der Waals surface area contributed by atoms with Gasteiger partial charge >= 0.3 is 18.0 Å². The molecule has 0 fully saturated rings. The lowest BCUT2D eigenvalue weighted by atomic mass is 10.2. The summed E-state index contributed by atoms with van der Waals surface area (Å²) in [7, 11) is 0. The minimum Gasteiger partial charge on any atom is -0.463 e. The van der Waals surface area contributed by atoms with Gasteiger partial charge in [0.2, 0.25) is 0 Å². The van der Waals surface area contributed by atoms with Crippen LogP contribution in [0.4, 0.5) is 4.79 Å². The van der Waals surface area contributed by atoms with Crippen molar-refractivity contribution in [2.24, 2.45) is 0 Å². The van der Waals surface area contributed by atoms with Gasteiger partial charge in [0.25, 0.3) is 0 Å². The standard InChI is InChI=1S/C16H17BrN2O5S/c1-2-23-15(21)12-7-18-16(22)19-13(12)8-24-14(20)9-25-11-5-3-10(17)4-6-11/h3-6H,2,7-9H2,1H3,(H2,18,19,22). The molecule has 9 heteroatoms. The molecule has 0 atom stereocenters. The molecule has 0 spiro atoms. The van der Waals surface area contributed by atoms with E-state index in [2.05, 4.69) is 26.6 Å². The van der Waals surface area contributed by atoms with Crippen LogP contribution in [0.3, 0.4) is 0 Å². The summed E-state index contributed by atoms with van der Waals surface area (Å²) in [6, 6.07) is 7.08. The van der Waals surface area contributed by atoms with Crippen LogP contribution in [0, 0.1) is 0 Å². The molecule has 2 N–H and O–H groups in total. The fourth-order valence-corrected chi connectivity index (χ4v) is 2.90. The number of amides is 2. The Labute approximate surface area is 157 Å². The van der Waals surface area contributed by atoms with Crippen LogP contribution in [0.15, 0.2) is 44.9 Å². The van der Waals surface area contributed by atoms with Gasteiger partial charge in [-0.15, -0.1) is 11.8 Å². The van der Waals surface area contributed by atoms with Crippen molar-refractivity contribution < 1.29 is 23.9 Å². The topological polar surface area (TPSA) is 93.7 Å². The summed E-state index contributed by atoms with van der Waals surface area (Å²) in [5.74, 6) is -0.878. The number of benzene rings is 1. The zero-order valence-electron chi connectivity index (χ0n) is 13.5. The number of urea groups is 1. The summed E-state index contributed by atoms with van der Waals surface area (Å²) in [6.07, 6.45) is 0. The van der Waals surface area contributed by atoms with Crippen LogP contribution in [0.1, 0.15) is 6.92 Å². The molecule has 1 aromatic rings. The molecule has 134 valence electrons. The number of nitrogens with one attached hydrogen (secondary N) is 2. The Balaban J connectivity index is 1.90. The summed E-state index contributed by atoms with van der Waals surface area (Å²) in [5.41, 5.74) is 0.485. The van der Waals surface area contributed by atoms with Gasteiger partial charge in [0.15, 0.2) is 0 Å².